The van der Waals surface area contributed by atoms with Crippen molar-refractivity contribution in [3.8, 4) is 0 Å². The van der Waals surface area contributed by atoms with Crippen LogP contribution in [0, 0.1) is 0 Å². The number of nitrogens with one attached hydrogen (secondary N) is 1. The van der Waals surface area contributed by atoms with E-state index in [4.69, 9.17) is 4.74 Å². The van der Waals surface area contributed by atoms with Gasteiger partial charge in [0.15, 0.2) is 0 Å². The Bertz CT molecular complexity index is 1240. The highest BCUT2D eigenvalue weighted by atomic mass is 16.5. The normalized spacial score (nSPS) is 12.5. The lowest BCUT2D eigenvalue weighted by atomic mass is 10.0. The summed E-state index contributed by atoms with van der Waals surface area (Å²) in [5.74, 6) is -0.0337. The molecular weight excluding hydrogens is 1010 g/mol. The van der Waals surface area contributed by atoms with Crippen molar-refractivity contribution in [3.63, 3.8) is 0 Å². The van der Waals surface area contributed by atoms with E-state index in [1.807, 2.05) is 6.08 Å². The standard InChI is InChI=1S/C76H149NO5/c1-3-5-7-9-11-13-15-17-19-20-38-42-46-50-54-58-62-66-70-76(81)82-71-67-63-59-55-51-47-43-39-36-34-32-30-28-26-24-22-21-23-25-27-29-31-33-35-37-41-45-49-53-57-61-65-69-75(80)77-73(72-78)74(79)68-64-60-56-52-48-44-40-18-16-14-12-10-8-6-4-2/h64,68,73-74,78-79H,3-63,65-67,69-72H2,1-2H3,(H,77,80)/b68-64+. The number of allylic oxidation sites excluding steroid dienone is 1. The van der Waals surface area contributed by atoms with E-state index >= 15 is 0 Å². The van der Waals surface area contributed by atoms with Gasteiger partial charge in [0, 0.05) is 12.8 Å². The van der Waals surface area contributed by atoms with Crippen LogP contribution in [0.1, 0.15) is 438 Å². The van der Waals surface area contributed by atoms with Crippen LogP contribution in [0.2, 0.25) is 0 Å². The molecule has 0 aliphatic rings. The van der Waals surface area contributed by atoms with Crippen molar-refractivity contribution in [2.24, 2.45) is 0 Å². The zero-order valence-corrected chi connectivity index (χ0v) is 56.0. The van der Waals surface area contributed by atoms with Gasteiger partial charge in [-0.2, -0.15) is 0 Å². The average Bonchev–Trinajstić information content (AvgIpc) is 3.48. The number of unbranched alkanes of at least 4 members (excludes halogenated alkanes) is 61. The van der Waals surface area contributed by atoms with Crippen molar-refractivity contribution >= 4 is 11.9 Å². The van der Waals surface area contributed by atoms with E-state index in [0.29, 0.717) is 19.4 Å². The number of hydrogen-bond donors (Lipinski definition) is 3. The van der Waals surface area contributed by atoms with E-state index in [0.717, 1.165) is 38.5 Å². The van der Waals surface area contributed by atoms with Gasteiger partial charge in [0.05, 0.1) is 25.4 Å². The molecule has 0 saturated carbocycles. The summed E-state index contributed by atoms with van der Waals surface area (Å²) in [5.41, 5.74) is 0. The zero-order valence-electron chi connectivity index (χ0n) is 56.0. The van der Waals surface area contributed by atoms with Gasteiger partial charge in [-0.05, 0) is 32.1 Å². The first kappa shape index (κ1) is 80.6. The molecule has 6 heteroatoms. The molecule has 0 fully saturated rings. The van der Waals surface area contributed by atoms with Crippen molar-refractivity contribution in [3.05, 3.63) is 12.2 Å². The fourth-order valence-electron chi connectivity index (χ4n) is 12.3. The lowest BCUT2D eigenvalue weighted by molar-refractivity contribution is -0.143. The summed E-state index contributed by atoms with van der Waals surface area (Å²) in [6.45, 7) is 4.96. The Morgan fingerprint density at radius 3 is 0.829 bits per heavy atom. The predicted octanol–water partition coefficient (Wildman–Crippen LogP) is 24.7. The molecule has 2 unspecified atom stereocenters. The van der Waals surface area contributed by atoms with Gasteiger partial charge < -0.3 is 20.3 Å². The maximum atomic E-state index is 12.5. The smallest absolute Gasteiger partial charge is 0.305 e. The van der Waals surface area contributed by atoms with Crippen molar-refractivity contribution < 1.29 is 24.5 Å². The molecule has 0 aliphatic carbocycles. The monoisotopic (exact) mass is 1160 g/mol. The summed E-state index contributed by atoms with van der Waals surface area (Å²) in [5, 5.41) is 23.2. The maximum Gasteiger partial charge on any atom is 0.305 e. The van der Waals surface area contributed by atoms with Gasteiger partial charge in [0.25, 0.3) is 0 Å². The second kappa shape index (κ2) is 72.1. The fraction of sp³-hybridized carbons (Fsp3) is 0.947. The quantitative estimate of drug-likeness (QED) is 0.0320. The summed E-state index contributed by atoms with van der Waals surface area (Å²) in [6, 6.07) is -0.623. The first-order valence-corrected chi connectivity index (χ1v) is 38.0. The van der Waals surface area contributed by atoms with E-state index in [2.05, 4.69) is 19.2 Å². The Morgan fingerprint density at radius 2 is 0.561 bits per heavy atom. The molecule has 6 nitrogen and oxygen atoms in total. The van der Waals surface area contributed by atoms with Crippen molar-refractivity contribution in [1.29, 1.82) is 0 Å². The number of carbonyl (C=O) groups excluding carboxylic acids is 2. The Balaban J connectivity index is 3.31. The molecule has 0 aromatic heterocycles. The van der Waals surface area contributed by atoms with Crippen molar-refractivity contribution in [2.75, 3.05) is 13.2 Å². The van der Waals surface area contributed by atoms with E-state index in [-0.39, 0.29) is 18.5 Å². The number of hydrogen-bond acceptors (Lipinski definition) is 5. The third kappa shape index (κ3) is 67.7. The van der Waals surface area contributed by atoms with Gasteiger partial charge in [0.1, 0.15) is 0 Å². The second-order valence-corrected chi connectivity index (χ2v) is 26.4. The zero-order chi connectivity index (χ0) is 59.2. The lowest BCUT2D eigenvalue weighted by Gasteiger charge is -2.20. The fourth-order valence-corrected chi connectivity index (χ4v) is 12.3. The van der Waals surface area contributed by atoms with E-state index < -0.39 is 12.1 Å². The maximum absolute atomic E-state index is 12.5. The molecule has 488 valence electrons. The minimum absolute atomic E-state index is 0.0264. The number of aliphatic hydroxyl groups is 2. The summed E-state index contributed by atoms with van der Waals surface area (Å²) in [6.07, 6.45) is 90.4. The Labute approximate surface area is 514 Å². The van der Waals surface area contributed by atoms with Gasteiger partial charge in [0.2, 0.25) is 5.91 Å². The number of carbonyl (C=O) groups is 2. The molecule has 0 aliphatic heterocycles. The molecule has 0 saturated heterocycles. The number of ether oxygens (including phenoxy) is 1. The molecule has 2 atom stereocenters. The van der Waals surface area contributed by atoms with Crippen LogP contribution >= 0.6 is 0 Å². The van der Waals surface area contributed by atoms with E-state index in [9.17, 15) is 19.8 Å². The topological polar surface area (TPSA) is 95.9 Å². The highest BCUT2D eigenvalue weighted by Crippen LogP contribution is 2.20. The molecule has 0 radical (unpaired) electrons. The summed E-state index contributed by atoms with van der Waals surface area (Å²) < 4.78 is 5.52. The van der Waals surface area contributed by atoms with Crippen LogP contribution in [0.3, 0.4) is 0 Å². The Hall–Kier alpha value is -1.40. The average molecular weight is 1160 g/mol. The van der Waals surface area contributed by atoms with Crippen molar-refractivity contribution in [1.82, 2.24) is 5.32 Å². The number of rotatable bonds is 72. The van der Waals surface area contributed by atoms with Gasteiger partial charge in [-0.15, -0.1) is 0 Å². The van der Waals surface area contributed by atoms with Crippen LogP contribution in [0.5, 0.6) is 0 Å². The first-order chi connectivity index (χ1) is 40.5. The highest BCUT2D eigenvalue weighted by molar-refractivity contribution is 5.76. The Morgan fingerprint density at radius 1 is 0.329 bits per heavy atom. The molecule has 1 amide bonds. The van der Waals surface area contributed by atoms with Crippen LogP contribution in [0.15, 0.2) is 12.2 Å². The largest absolute Gasteiger partial charge is 0.466 e. The van der Waals surface area contributed by atoms with Crippen LogP contribution in [-0.4, -0.2) is 47.4 Å². The molecule has 0 heterocycles. The number of esters is 1. The SMILES string of the molecule is CCCCCCCCCCCCCCC/C=C/C(O)C(CO)NC(=O)CCCCCCCCCCCCCCCCCCCCCCCCCCCCCCCCCCOC(=O)CCCCCCCCCCCCCCCCCCCC. The molecule has 0 rings (SSSR count). The predicted molar refractivity (Wildman–Crippen MR) is 361 cm³/mol. The third-order valence-electron chi connectivity index (χ3n) is 18.1. The van der Waals surface area contributed by atoms with Crippen LogP contribution < -0.4 is 5.32 Å². The summed E-state index contributed by atoms with van der Waals surface area (Å²) in [4.78, 5) is 24.6. The number of aliphatic hydroxyl groups excluding tert-OH is 2. The van der Waals surface area contributed by atoms with Gasteiger partial charge in [-0.3, -0.25) is 9.59 Å². The molecule has 0 spiro atoms. The van der Waals surface area contributed by atoms with Crippen LogP contribution in [0.4, 0.5) is 0 Å². The summed E-state index contributed by atoms with van der Waals surface area (Å²) >= 11 is 0. The van der Waals surface area contributed by atoms with E-state index in [1.54, 1.807) is 6.08 Å². The third-order valence-corrected chi connectivity index (χ3v) is 18.1. The van der Waals surface area contributed by atoms with Gasteiger partial charge in [-0.25, -0.2) is 0 Å². The highest BCUT2D eigenvalue weighted by Gasteiger charge is 2.18. The first-order valence-electron chi connectivity index (χ1n) is 38.0. The van der Waals surface area contributed by atoms with Gasteiger partial charge >= 0.3 is 5.97 Å². The summed E-state index contributed by atoms with van der Waals surface area (Å²) in [7, 11) is 0. The molecular formula is C76H149NO5. The Kier molecular flexibility index (Phi) is 70.8. The minimum Gasteiger partial charge on any atom is -0.466 e. The lowest BCUT2D eigenvalue weighted by Crippen LogP contribution is -2.45. The minimum atomic E-state index is -0.840. The van der Waals surface area contributed by atoms with Crippen molar-refractivity contribution in [2.45, 2.75) is 450 Å². The molecule has 0 bridgehead atoms. The molecule has 82 heavy (non-hydrogen) atoms. The number of amides is 1. The second-order valence-electron chi connectivity index (χ2n) is 26.4. The van der Waals surface area contributed by atoms with Gasteiger partial charge in [-0.1, -0.05) is 405 Å². The van der Waals surface area contributed by atoms with Crippen LogP contribution in [0.25, 0.3) is 0 Å². The molecule has 0 aromatic rings. The van der Waals surface area contributed by atoms with Crippen LogP contribution in [-0.2, 0) is 14.3 Å². The molecule has 0 aromatic carbocycles. The molecule has 3 N–H and O–H groups in total. The van der Waals surface area contributed by atoms with E-state index in [1.165, 1.54) is 372 Å².